The third kappa shape index (κ3) is 1.94. The summed E-state index contributed by atoms with van der Waals surface area (Å²) in [6.07, 6.45) is 8.03. The minimum atomic E-state index is 0.321. The second kappa shape index (κ2) is 4.05. The highest BCUT2D eigenvalue weighted by molar-refractivity contribution is 5.98. The number of carbonyl (C=O) groups excluding carboxylic acids is 1. The fourth-order valence-electron chi connectivity index (χ4n) is 1.41. The average Bonchev–Trinajstić information content (AvgIpc) is 2.35. The van der Waals surface area contributed by atoms with Crippen molar-refractivity contribution in [2.45, 2.75) is 26.2 Å². The molecule has 1 aliphatic carbocycles. The topological polar surface area (TPSA) is 17.1 Å². The smallest absolute Gasteiger partial charge is 0.159 e. The molecular formula is C11H14O. The number of allylic oxidation sites excluding steroid dienone is 5. The fourth-order valence-corrected chi connectivity index (χ4v) is 1.41. The van der Waals surface area contributed by atoms with Gasteiger partial charge in [0.1, 0.15) is 0 Å². The van der Waals surface area contributed by atoms with Gasteiger partial charge in [0.15, 0.2) is 5.78 Å². The number of ketones is 1. The number of hydrogen-bond acceptors (Lipinski definition) is 1. The summed E-state index contributed by atoms with van der Waals surface area (Å²) < 4.78 is 0. The van der Waals surface area contributed by atoms with Crippen LogP contribution in [-0.4, -0.2) is 5.78 Å². The maximum Gasteiger partial charge on any atom is 0.159 e. The summed E-state index contributed by atoms with van der Waals surface area (Å²) in [6.45, 7) is 5.62. The SMILES string of the molecule is C=C/C=C/CC1=C(C)CCC1=O. The molecule has 0 saturated heterocycles. The molecule has 0 aliphatic heterocycles. The van der Waals surface area contributed by atoms with Crippen molar-refractivity contribution in [3.63, 3.8) is 0 Å². The molecule has 0 heterocycles. The molecular weight excluding hydrogens is 148 g/mol. The van der Waals surface area contributed by atoms with Crippen LogP contribution in [0.3, 0.4) is 0 Å². The molecule has 0 N–H and O–H groups in total. The van der Waals surface area contributed by atoms with Gasteiger partial charge in [-0.2, -0.15) is 0 Å². The summed E-state index contributed by atoms with van der Waals surface area (Å²) in [5, 5.41) is 0. The van der Waals surface area contributed by atoms with Crippen LogP contribution in [0.2, 0.25) is 0 Å². The molecule has 1 aliphatic rings. The molecule has 0 fully saturated rings. The summed E-state index contributed by atoms with van der Waals surface area (Å²) in [6, 6.07) is 0. The van der Waals surface area contributed by atoms with Gasteiger partial charge in [0.2, 0.25) is 0 Å². The minimum absolute atomic E-state index is 0.321. The van der Waals surface area contributed by atoms with E-state index in [9.17, 15) is 4.79 Å². The zero-order chi connectivity index (χ0) is 8.97. The van der Waals surface area contributed by atoms with E-state index in [0.717, 1.165) is 18.4 Å². The third-order valence-corrected chi connectivity index (χ3v) is 2.17. The largest absolute Gasteiger partial charge is 0.295 e. The lowest BCUT2D eigenvalue weighted by Gasteiger charge is -1.95. The van der Waals surface area contributed by atoms with E-state index in [0.29, 0.717) is 12.2 Å². The number of Topliss-reactive ketones (excluding diaryl/α,β-unsaturated/α-hetero) is 1. The predicted octanol–water partition coefficient (Wildman–Crippen LogP) is 2.80. The van der Waals surface area contributed by atoms with Gasteiger partial charge in [0.25, 0.3) is 0 Å². The van der Waals surface area contributed by atoms with Crippen molar-refractivity contribution in [2.24, 2.45) is 0 Å². The normalized spacial score (nSPS) is 17.9. The van der Waals surface area contributed by atoms with Crippen LogP contribution in [0.4, 0.5) is 0 Å². The Labute approximate surface area is 73.5 Å². The van der Waals surface area contributed by atoms with Gasteiger partial charge < -0.3 is 0 Å². The number of carbonyl (C=O) groups is 1. The summed E-state index contributed by atoms with van der Waals surface area (Å²) in [5.74, 6) is 0.321. The van der Waals surface area contributed by atoms with Crippen LogP contribution in [0.1, 0.15) is 26.2 Å². The lowest BCUT2D eigenvalue weighted by molar-refractivity contribution is -0.114. The molecule has 0 unspecified atom stereocenters. The zero-order valence-electron chi connectivity index (χ0n) is 7.47. The second-order valence-electron chi connectivity index (χ2n) is 3.05. The van der Waals surface area contributed by atoms with Crippen molar-refractivity contribution < 1.29 is 4.79 Å². The maximum absolute atomic E-state index is 11.3. The molecule has 0 aromatic carbocycles. The fraction of sp³-hybridized carbons (Fsp3) is 0.364. The van der Waals surface area contributed by atoms with Crippen LogP contribution in [0.25, 0.3) is 0 Å². The van der Waals surface area contributed by atoms with E-state index in [2.05, 4.69) is 6.58 Å². The first kappa shape index (κ1) is 8.98. The Morgan fingerprint density at radius 1 is 1.50 bits per heavy atom. The average molecular weight is 162 g/mol. The van der Waals surface area contributed by atoms with Gasteiger partial charge in [0, 0.05) is 6.42 Å². The third-order valence-electron chi connectivity index (χ3n) is 2.17. The van der Waals surface area contributed by atoms with Gasteiger partial charge in [-0.15, -0.1) is 0 Å². The molecule has 0 radical (unpaired) electrons. The Balaban J connectivity index is 2.61. The summed E-state index contributed by atoms with van der Waals surface area (Å²) >= 11 is 0. The quantitative estimate of drug-likeness (QED) is 0.583. The summed E-state index contributed by atoms with van der Waals surface area (Å²) in [7, 11) is 0. The highest BCUT2D eigenvalue weighted by Gasteiger charge is 2.17. The lowest BCUT2D eigenvalue weighted by atomic mass is 10.1. The zero-order valence-corrected chi connectivity index (χ0v) is 7.47. The first-order valence-electron chi connectivity index (χ1n) is 4.25. The van der Waals surface area contributed by atoms with Crippen molar-refractivity contribution in [1.29, 1.82) is 0 Å². The Hall–Kier alpha value is -1.11. The van der Waals surface area contributed by atoms with Crippen LogP contribution < -0.4 is 0 Å². The van der Waals surface area contributed by atoms with E-state index in [1.807, 2.05) is 19.1 Å². The predicted molar refractivity (Wildman–Crippen MR) is 50.9 cm³/mol. The molecule has 0 saturated carbocycles. The summed E-state index contributed by atoms with van der Waals surface area (Å²) in [4.78, 5) is 11.3. The van der Waals surface area contributed by atoms with Crippen LogP contribution in [0, 0.1) is 0 Å². The minimum Gasteiger partial charge on any atom is -0.295 e. The van der Waals surface area contributed by atoms with Crippen LogP contribution in [0.15, 0.2) is 36.0 Å². The molecule has 1 heteroatoms. The highest BCUT2D eigenvalue weighted by atomic mass is 16.1. The molecule has 1 rings (SSSR count). The van der Waals surface area contributed by atoms with Gasteiger partial charge >= 0.3 is 0 Å². The Morgan fingerprint density at radius 3 is 2.75 bits per heavy atom. The van der Waals surface area contributed by atoms with Gasteiger partial charge in [-0.1, -0.05) is 30.4 Å². The lowest BCUT2D eigenvalue weighted by Crippen LogP contribution is -1.94. The molecule has 0 bridgehead atoms. The van der Waals surface area contributed by atoms with Crippen LogP contribution in [-0.2, 0) is 4.79 Å². The highest BCUT2D eigenvalue weighted by Crippen LogP contribution is 2.24. The monoisotopic (exact) mass is 162 g/mol. The molecule has 0 aromatic heterocycles. The van der Waals surface area contributed by atoms with E-state index in [1.165, 1.54) is 5.57 Å². The van der Waals surface area contributed by atoms with Gasteiger partial charge in [-0.05, 0) is 25.3 Å². The van der Waals surface area contributed by atoms with Crippen molar-refractivity contribution in [1.82, 2.24) is 0 Å². The first-order valence-corrected chi connectivity index (χ1v) is 4.25. The molecule has 0 aromatic rings. The molecule has 12 heavy (non-hydrogen) atoms. The van der Waals surface area contributed by atoms with Crippen molar-refractivity contribution in [3.05, 3.63) is 36.0 Å². The number of rotatable bonds is 3. The Bertz CT molecular complexity index is 256. The van der Waals surface area contributed by atoms with E-state index in [1.54, 1.807) is 6.08 Å². The van der Waals surface area contributed by atoms with Crippen LogP contribution in [0.5, 0.6) is 0 Å². The Kier molecular flexibility index (Phi) is 3.03. The van der Waals surface area contributed by atoms with Gasteiger partial charge in [0.05, 0.1) is 0 Å². The second-order valence-corrected chi connectivity index (χ2v) is 3.05. The molecule has 1 nitrogen and oxygen atoms in total. The molecule has 0 amide bonds. The first-order chi connectivity index (χ1) is 5.75. The van der Waals surface area contributed by atoms with Crippen LogP contribution >= 0.6 is 0 Å². The maximum atomic E-state index is 11.3. The van der Waals surface area contributed by atoms with E-state index >= 15 is 0 Å². The Morgan fingerprint density at radius 2 is 2.25 bits per heavy atom. The number of hydrogen-bond donors (Lipinski definition) is 0. The molecule has 0 atom stereocenters. The van der Waals surface area contributed by atoms with Crippen molar-refractivity contribution in [2.75, 3.05) is 0 Å². The van der Waals surface area contributed by atoms with Gasteiger partial charge in [-0.25, -0.2) is 0 Å². The molecule has 64 valence electrons. The van der Waals surface area contributed by atoms with E-state index in [-0.39, 0.29) is 0 Å². The van der Waals surface area contributed by atoms with E-state index in [4.69, 9.17) is 0 Å². The van der Waals surface area contributed by atoms with E-state index < -0.39 is 0 Å². The van der Waals surface area contributed by atoms with Crippen molar-refractivity contribution in [3.8, 4) is 0 Å². The standard InChI is InChI=1S/C11H14O/c1-3-4-5-6-10-9(2)7-8-11(10)12/h3-5H,1,6-8H2,2H3/b5-4+. The molecule has 0 spiro atoms. The summed E-state index contributed by atoms with van der Waals surface area (Å²) in [5.41, 5.74) is 2.27. The van der Waals surface area contributed by atoms with Crippen molar-refractivity contribution >= 4 is 5.78 Å². The van der Waals surface area contributed by atoms with Gasteiger partial charge in [-0.3, -0.25) is 4.79 Å².